The summed E-state index contributed by atoms with van der Waals surface area (Å²) in [7, 11) is 0. The Kier molecular flexibility index (Phi) is 12.4. The molecule has 0 spiro atoms. The van der Waals surface area contributed by atoms with Crippen LogP contribution in [0.2, 0.25) is 0 Å². The van der Waals surface area contributed by atoms with E-state index in [-0.39, 0.29) is 76.0 Å². The van der Waals surface area contributed by atoms with Crippen LogP contribution in [-0.4, -0.2) is 135 Å². The van der Waals surface area contributed by atoms with E-state index in [2.05, 4.69) is 0 Å². The molecule has 0 saturated carbocycles. The van der Waals surface area contributed by atoms with E-state index in [1.54, 1.807) is 31.4 Å². The van der Waals surface area contributed by atoms with Gasteiger partial charge in [-0.3, -0.25) is 4.79 Å². The van der Waals surface area contributed by atoms with Crippen molar-refractivity contribution >= 4 is 30.4 Å². The first-order chi connectivity index (χ1) is 27.5. The number of hydrogen-bond donors (Lipinski definition) is 1. The SMILES string of the molecule is CC(O)C(=O)N(CC1CN(C(=O)OC(C)(C)C)CC1F)C(c1nc(-c2cc(F)ccc2F)cn1Cc1ccccc1)C1CN(C(=O)OCC[N+]2(C=O)CC=CC2=O)C1. The number of aliphatic hydroxyl groups excluding tert-OH is 1. The van der Waals surface area contributed by atoms with Crippen LogP contribution >= 0.6 is 0 Å². The molecule has 4 heterocycles. The van der Waals surface area contributed by atoms with Crippen molar-refractivity contribution in [2.45, 2.75) is 58.2 Å². The van der Waals surface area contributed by atoms with Gasteiger partial charge >= 0.3 is 24.5 Å². The lowest BCUT2D eigenvalue weighted by atomic mass is 9.88. The summed E-state index contributed by atoms with van der Waals surface area (Å²) >= 11 is 0. The Bertz CT molecular complexity index is 2050. The summed E-state index contributed by atoms with van der Waals surface area (Å²) in [5, 5.41) is 10.8. The zero-order valence-electron chi connectivity index (χ0n) is 32.8. The third-order valence-corrected chi connectivity index (χ3v) is 10.6. The molecular weight excluding hydrogens is 761 g/mol. The van der Waals surface area contributed by atoms with Crippen LogP contribution < -0.4 is 0 Å². The standard InChI is InChI=1S/C41H48F3N6O8/c1-26(52)38(54)49(22-28-19-48(23-33(28)44)40(56)58-41(2,3)4)36(29-20-47(21-29)39(55)57-16-15-50(25-51)14-8-11-35(50)53)37-45-34(31-17-30(42)12-13-32(31)43)24-46(37)18-27-9-6-5-7-10-27/h5-13,17,24-26,28-29,33,36,52H,14-16,18-23H2,1-4H3/q+1. The van der Waals surface area contributed by atoms with Crippen LogP contribution in [0.5, 0.6) is 0 Å². The van der Waals surface area contributed by atoms with Crippen LogP contribution in [0.4, 0.5) is 22.8 Å². The molecule has 3 aliphatic rings. The van der Waals surface area contributed by atoms with E-state index in [4.69, 9.17) is 14.5 Å². The number of aromatic nitrogens is 2. The maximum atomic E-state index is 15.9. The number of ether oxygens (including phenoxy) is 2. The fourth-order valence-corrected chi connectivity index (χ4v) is 7.49. The van der Waals surface area contributed by atoms with Crippen LogP contribution in [0, 0.1) is 23.5 Å². The zero-order valence-corrected chi connectivity index (χ0v) is 32.8. The Labute approximate surface area is 334 Å². The molecule has 3 aromatic rings. The van der Waals surface area contributed by atoms with Crippen molar-refractivity contribution in [2.75, 3.05) is 52.4 Å². The number of rotatable bonds is 13. The maximum absolute atomic E-state index is 15.9. The number of quaternary nitrogens is 1. The van der Waals surface area contributed by atoms with Gasteiger partial charge < -0.3 is 33.8 Å². The van der Waals surface area contributed by atoms with Gasteiger partial charge in [-0.2, -0.15) is 4.48 Å². The molecule has 0 radical (unpaired) electrons. The number of hydrogen-bond acceptors (Lipinski definition) is 9. The summed E-state index contributed by atoms with van der Waals surface area (Å²) in [5.74, 6) is -3.98. The second-order valence-corrected chi connectivity index (χ2v) is 16.1. The highest BCUT2D eigenvalue weighted by Crippen LogP contribution is 2.39. The van der Waals surface area contributed by atoms with Gasteiger partial charge in [0.15, 0.2) is 0 Å². The first-order valence-electron chi connectivity index (χ1n) is 19.1. The number of benzene rings is 2. The Morgan fingerprint density at radius 3 is 2.40 bits per heavy atom. The number of imide groups is 1. The maximum Gasteiger partial charge on any atom is 0.410 e. The smallest absolute Gasteiger partial charge is 0.410 e. The van der Waals surface area contributed by atoms with Crippen LogP contribution in [0.25, 0.3) is 11.3 Å². The minimum absolute atomic E-state index is 0.00311. The first kappa shape index (κ1) is 42.1. The fourth-order valence-electron chi connectivity index (χ4n) is 7.49. The molecule has 1 N–H and O–H groups in total. The molecule has 0 aliphatic carbocycles. The van der Waals surface area contributed by atoms with Crippen molar-refractivity contribution in [1.29, 1.82) is 0 Å². The number of alkyl halides is 1. The molecule has 17 heteroatoms. The predicted molar refractivity (Wildman–Crippen MR) is 202 cm³/mol. The zero-order chi connectivity index (χ0) is 41.9. The van der Waals surface area contributed by atoms with Gasteiger partial charge in [0.25, 0.3) is 5.91 Å². The van der Waals surface area contributed by atoms with Crippen LogP contribution in [-0.2, 0) is 30.4 Å². The third kappa shape index (κ3) is 9.26. The number of imidazole rings is 1. The summed E-state index contributed by atoms with van der Waals surface area (Å²) in [6, 6.07) is 11.1. The van der Waals surface area contributed by atoms with E-state index in [1.165, 1.54) is 33.9 Å². The number of carbonyl (C=O) groups is 5. The van der Waals surface area contributed by atoms with Crippen LogP contribution in [0.1, 0.15) is 45.1 Å². The van der Waals surface area contributed by atoms with Crippen molar-refractivity contribution in [3.63, 3.8) is 0 Å². The number of amides is 5. The number of carbonyl (C=O) groups excluding carboxylic acids is 5. The molecule has 2 fully saturated rings. The largest absolute Gasteiger partial charge is 0.444 e. The molecule has 2 saturated heterocycles. The molecule has 3 aliphatic heterocycles. The Morgan fingerprint density at radius 2 is 1.76 bits per heavy atom. The number of nitrogens with zero attached hydrogens (tertiary/aromatic N) is 6. The lowest BCUT2D eigenvalue weighted by molar-refractivity contribution is -0.757. The van der Waals surface area contributed by atoms with E-state index < -0.39 is 75.9 Å². The highest BCUT2D eigenvalue weighted by molar-refractivity contribution is 5.88. The highest BCUT2D eigenvalue weighted by Gasteiger charge is 2.48. The molecule has 5 unspecified atom stereocenters. The summed E-state index contributed by atoms with van der Waals surface area (Å²) in [5.41, 5.74) is -0.138. The van der Waals surface area contributed by atoms with Crippen LogP contribution in [0.3, 0.4) is 0 Å². The molecule has 5 amide bonds. The van der Waals surface area contributed by atoms with Crippen molar-refractivity contribution < 1.29 is 56.2 Å². The van der Waals surface area contributed by atoms with Crippen molar-refractivity contribution in [1.82, 2.24) is 24.3 Å². The molecule has 58 heavy (non-hydrogen) atoms. The molecule has 5 atom stereocenters. The number of likely N-dealkylation sites (tertiary alicyclic amines) is 2. The van der Waals surface area contributed by atoms with Crippen molar-refractivity contribution in [3.05, 3.63) is 89.9 Å². The Hall–Kier alpha value is -5.55. The Morgan fingerprint density at radius 1 is 1.05 bits per heavy atom. The van der Waals surface area contributed by atoms with Gasteiger partial charge in [-0.25, -0.2) is 37.3 Å². The van der Waals surface area contributed by atoms with Gasteiger partial charge in [-0.1, -0.05) is 30.3 Å². The first-order valence-corrected chi connectivity index (χ1v) is 19.1. The third-order valence-electron chi connectivity index (χ3n) is 10.6. The second-order valence-electron chi connectivity index (χ2n) is 16.1. The van der Waals surface area contributed by atoms with Crippen molar-refractivity contribution in [2.24, 2.45) is 11.8 Å². The van der Waals surface area contributed by atoms with E-state index in [0.717, 1.165) is 23.8 Å². The fraction of sp³-hybridized carbons (Fsp3) is 0.463. The topological polar surface area (TPSA) is 152 Å². The predicted octanol–water partition coefficient (Wildman–Crippen LogP) is 4.47. The van der Waals surface area contributed by atoms with E-state index >= 15 is 8.78 Å². The minimum atomic E-state index is -1.58. The molecule has 2 aromatic carbocycles. The lowest BCUT2D eigenvalue weighted by Crippen LogP contribution is -2.58. The molecule has 0 bridgehead atoms. The van der Waals surface area contributed by atoms with E-state index in [0.29, 0.717) is 6.41 Å². The Balaban J connectivity index is 1.35. The van der Waals surface area contributed by atoms with Gasteiger partial charge in [-0.15, -0.1) is 0 Å². The summed E-state index contributed by atoms with van der Waals surface area (Å²) in [6.07, 6.45) is 0.298. The normalized spacial score (nSPS) is 21.8. The number of halogens is 3. The highest BCUT2D eigenvalue weighted by atomic mass is 19.1. The minimum Gasteiger partial charge on any atom is -0.444 e. The summed E-state index contributed by atoms with van der Waals surface area (Å²) in [4.78, 5) is 73.1. The molecule has 14 nitrogen and oxygen atoms in total. The summed E-state index contributed by atoms with van der Waals surface area (Å²) < 4.78 is 57.8. The molecule has 6 rings (SSSR count). The average Bonchev–Trinajstić information content (AvgIpc) is 3.85. The van der Waals surface area contributed by atoms with E-state index in [9.17, 15) is 33.5 Å². The van der Waals surface area contributed by atoms with E-state index in [1.807, 2.05) is 30.3 Å². The van der Waals surface area contributed by atoms with Gasteiger partial charge in [0.05, 0.1) is 18.3 Å². The average molecular weight is 810 g/mol. The van der Waals surface area contributed by atoms with Crippen molar-refractivity contribution in [3.8, 4) is 11.3 Å². The van der Waals surface area contributed by atoms with Gasteiger partial charge in [0.2, 0.25) is 0 Å². The monoisotopic (exact) mass is 809 g/mol. The summed E-state index contributed by atoms with van der Waals surface area (Å²) in [6.45, 7) is 5.65. The number of aliphatic hydroxyl groups is 1. The van der Waals surface area contributed by atoms with Gasteiger partial charge in [-0.05, 0) is 57.5 Å². The second kappa shape index (κ2) is 17.1. The van der Waals surface area contributed by atoms with Gasteiger partial charge in [0, 0.05) is 62.4 Å². The van der Waals surface area contributed by atoms with Gasteiger partial charge in [0.1, 0.15) is 55.0 Å². The quantitative estimate of drug-likeness (QED) is 0.195. The molecule has 1 aromatic heterocycles. The van der Waals surface area contributed by atoms with Crippen LogP contribution in [0.15, 0.2) is 66.9 Å². The molecular formula is C41H48F3N6O8+. The molecule has 310 valence electrons. The lowest BCUT2D eigenvalue weighted by Gasteiger charge is -2.47.